The first-order valence-electron chi connectivity index (χ1n) is 8.61. The molecule has 8 heteroatoms. The number of benzene rings is 1. The molecule has 0 radical (unpaired) electrons. The van der Waals surface area contributed by atoms with Gasteiger partial charge in [0.1, 0.15) is 9.88 Å². The van der Waals surface area contributed by atoms with Crippen molar-refractivity contribution in [1.29, 1.82) is 0 Å². The lowest BCUT2D eigenvalue weighted by Crippen LogP contribution is -2.30. The Hall–Kier alpha value is -2.71. The molecule has 1 N–H and O–H groups in total. The third-order valence-electron chi connectivity index (χ3n) is 4.28. The van der Waals surface area contributed by atoms with Crippen molar-refractivity contribution in [3.05, 3.63) is 51.4 Å². The number of hydrogen-bond donors (Lipinski definition) is 1. The Morgan fingerprint density at radius 2 is 1.71 bits per heavy atom. The Labute approximate surface area is 168 Å². The van der Waals surface area contributed by atoms with Crippen LogP contribution < -0.4 is 5.32 Å². The van der Waals surface area contributed by atoms with Gasteiger partial charge in [-0.1, -0.05) is 24.3 Å². The van der Waals surface area contributed by atoms with Crippen LogP contribution in [0.1, 0.15) is 36.7 Å². The number of methoxy groups -OCH3 is 2. The number of esters is 2. The topological polar surface area (TPSA) is 84.9 Å². The van der Waals surface area contributed by atoms with Gasteiger partial charge >= 0.3 is 11.9 Å². The summed E-state index contributed by atoms with van der Waals surface area (Å²) in [6.45, 7) is 4.38. The number of carbonyl (C=O) groups is 3. The van der Waals surface area contributed by atoms with E-state index in [1.165, 1.54) is 14.2 Å². The Kier molecular flexibility index (Phi) is 7.31. The van der Waals surface area contributed by atoms with E-state index in [0.29, 0.717) is 12.1 Å². The summed E-state index contributed by atoms with van der Waals surface area (Å²) in [6.07, 6.45) is 0. The van der Waals surface area contributed by atoms with E-state index in [1.807, 2.05) is 43.1 Å². The van der Waals surface area contributed by atoms with Crippen LogP contribution in [0.5, 0.6) is 0 Å². The number of nitrogens with one attached hydrogen (secondary N) is 1. The predicted octanol–water partition coefficient (Wildman–Crippen LogP) is 3.01. The number of anilines is 1. The fourth-order valence-electron chi connectivity index (χ4n) is 2.78. The Balaban J connectivity index is 2.15. The highest BCUT2D eigenvalue weighted by Crippen LogP contribution is 2.34. The lowest BCUT2D eigenvalue weighted by atomic mass is 10.1. The van der Waals surface area contributed by atoms with Crippen molar-refractivity contribution in [2.45, 2.75) is 20.4 Å². The minimum atomic E-state index is -0.618. The predicted molar refractivity (Wildman–Crippen MR) is 108 cm³/mol. The fourth-order valence-corrected chi connectivity index (χ4v) is 3.91. The summed E-state index contributed by atoms with van der Waals surface area (Å²) in [6, 6.07) is 7.97. The summed E-state index contributed by atoms with van der Waals surface area (Å²) < 4.78 is 9.54. The van der Waals surface area contributed by atoms with Gasteiger partial charge in [-0.25, -0.2) is 9.59 Å². The Morgan fingerprint density at radius 1 is 1.07 bits per heavy atom. The Bertz CT molecular complexity index is 891. The number of hydrogen-bond acceptors (Lipinski definition) is 7. The molecule has 0 bridgehead atoms. The first-order chi connectivity index (χ1) is 13.3. The maximum atomic E-state index is 12.5. The minimum Gasteiger partial charge on any atom is -0.465 e. The van der Waals surface area contributed by atoms with Crippen molar-refractivity contribution in [1.82, 2.24) is 4.90 Å². The zero-order chi connectivity index (χ0) is 20.8. The number of thiophene rings is 1. The van der Waals surface area contributed by atoms with Gasteiger partial charge in [-0.2, -0.15) is 0 Å². The van der Waals surface area contributed by atoms with Crippen LogP contribution in [0.25, 0.3) is 0 Å². The molecule has 1 aromatic heterocycles. The SMILES string of the molecule is COC(=O)c1sc(NC(=O)CN(C)Cc2ccccc2C)c(C(=O)OC)c1C. The summed E-state index contributed by atoms with van der Waals surface area (Å²) in [4.78, 5) is 38.7. The van der Waals surface area contributed by atoms with Crippen LogP contribution in [0, 0.1) is 13.8 Å². The molecule has 0 unspecified atom stereocenters. The van der Waals surface area contributed by atoms with Crippen LogP contribution in [0.3, 0.4) is 0 Å². The van der Waals surface area contributed by atoms with Crippen LogP contribution in [-0.2, 0) is 20.8 Å². The highest BCUT2D eigenvalue weighted by atomic mass is 32.1. The number of amides is 1. The van der Waals surface area contributed by atoms with Gasteiger partial charge in [0.05, 0.1) is 26.3 Å². The molecule has 0 spiro atoms. The first kappa shape index (κ1) is 21.6. The molecule has 0 aliphatic rings. The van der Waals surface area contributed by atoms with E-state index >= 15 is 0 Å². The Morgan fingerprint density at radius 3 is 2.32 bits per heavy atom. The van der Waals surface area contributed by atoms with Gasteiger partial charge in [0, 0.05) is 6.54 Å². The summed E-state index contributed by atoms with van der Waals surface area (Å²) >= 11 is 0.999. The van der Waals surface area contributed by atoms with E-state index in [4.69, 9.17) is 9.47 Å². The van der Waals surface area contributed by atoms with Crippen LogP contribution in [0.4, 0.5) is 5.00 Å². The molecule has 0 atom stereocenters. The second-order valence-corrected chi connectivity index (χ2v) is 7.41. The lowest BCUT2D eigenvalue weighted by Gasteiger charge is -2.17. The van der Waals surface area contributed by atoms with Crippen LogP contribution in [0.15, 0.2) is 24.3 Å². The van der Waals surface area contributed by atoms with E-state index in [2.05, 4.69) is 5.32 Å². The van der Waals surface area contributed by atoms with E-state index in [0.717, 1.165) is 22.5 Å². The van der Waals surface area contributed by atoms with Crippen LogP contribution >= 0.6 is 11.3 Å². The first-order valence-corrected chi connectivity index (χ1v) is 9.43. The molecular weight excluding hydrogens is 380 g/mol. The average Bonchev–Trinajstić information content (AvgIpc) is 2.98. The van der Waals surface area contributed by atoms with E-state index < -0.39 is 11.9 Å². The van der Waals surface area contributed by atoms with E-state index in [1.54, 1.807) is 6.92 Å². The van der Waals surface area contributed by atoms with Crippen LogP contribution in [-0.4, -0.2) is 50.6 Å². The number of carbonyl (C=O) groups excluding carboxylic acids is 3. The van der Waals surface area contributed by atoms with Gasteiger partial charge in [0.15, 0.2) is 0 Å². The molecule has 0 fully saturated rings. The normalized spacial score (nSPS) is 10.6. The molecule has 150 valence electrons. The number of aryl methyl sites for hydroxylation is 1. The smallest absolute Gasteiger partial charge is 0.348 e. The highest BCUT2D eigenvalue weighted by Gasteiger charge is 2.26. The molecule has 2 rings (SSSR count). The van der Waals surface area contributed by atoms with Gasteiger partial charge in [-0.3, -0.25) is 9.69 Å². The molecular formula is C20H24N2O5S. The van der Waals surface area contributed by atoms with Crippen LogP contribution in [0.2, 0.25) is 0 Å². The quantitative estimate of drug-likeness (QED) is 0.714. The fraction of sp³-hybridized carbons (Fsp3) is 0.350. The van der Waals surface area contributed by atoms with E-state index in [-0.39, 0.29) is 27.9 Å². The second-order valence-electron chi connectivity index (χ2n) is 6.39. The molecule has 7 nitrogen and oxygen atoms in total. The zero-order valence-corrected chi connectivity index (χ0v) is 17.4. The number of ether oxygens (including phenoxy) is 2. The molecule has 28 heavy (non-hydrogen) atoms. The summed E-state index contributed by atoms with van der Waals surface area (Å²) in [5.41, 5.74) is 2.88. The van der Waals surface area contributed by atoms with Crippen molar-refractivity contribution in [2.75, 3.05) is 33.1 Å². The molecule has 1 heterocycles. The van der Waals surface area contributed by atoms with E-state index in [9.17, 15) is 14.4 Å². The monoisotopic (exact) mass is 404 g/mol. The van der Waals surface area contributed by atoms with Crippen molar-refractivity contribution in [2.24, 2.45) is 0 Å². The van der Waals surface area contributed by atoms with Crippen molar-refractivity contribution < 1.29 is 23.9 Å². The van der Waals surface area contributed by atoms with Gasteiger partial charge in [-0.05, 0) is 37.6 Å². The third kappa shape index (κ3) is 4.96. The standard InChI is InChI=1S/C20H24N2O5S/c1-12-8-6-7-9-14(12)10-22(3)11-15(23)21-18-16(19(24)26-4)13(2)17(28-18)20(25)27-5/h6-9H,10-11H2,1-5H3,(H,21,23). The van der Waals surface area contributed by atoms with Gasteiger partial charge in [0.2, 0.25) is 5.91 Å². The molecule has 0 saturated heterocycles. The largest absolute Gasteiger partial charge is 0.465 e. The molecule has 0 saturated carbocycles. The van der Waals surface area contributed by atoms with Gasteiger partial charge in [-0.15, -0.1) is 11.3 Å². The highest BCUT2D eigenvalue weighted by molar-refractivity contribution is 7.18. The molecule has 1 aromatic carbocycles. The van der Waals surface area contributed by atoms with Crippen molar-refractivity contribution in [3.63, 3.8) is 0 Å². The number of nitrogens with zero attached hydrogens (tertiary/aromatic N) is 1. The maximum Gasteiger partial charge on any atom is 0.348 e. The lowest BCUT2D eigenvalue weighted by molar-refractivity contribution is -0.117. The zero-order valence-electron chi connectivity index (χ0n) is 16.6. The minimum absolute atomic E-state index is 0.124. The molecule has 0 aliphatic carbocycles. The van der Waals surface area contributed by atoms with Crippen molar-refractivity contribution in [3.8, 4) is 0 Å². The third-order valence-corrected chi connectivity index (χ3v) is 5.46. The molecule has 1 amide bonds. The average molecular weight is 404 g/mol. The number of likely N-dealkylation sites (N-methyl/N-ethyl adjacent to an activating group) is 1. The van der Waals surface area contributed by atoms with Crippen molar-refractivity contribution >= 4 is 34.2 Å². The molecule has 0 aliphatic heterocycles. The maximum absolute atomic E-state index is 12.5. The second kappa shape index (κ2) is 9.48. The summed E-state index contributed by atoms with van der Waals surface area (Å²) in [7, 11) is 4.35. The summed E-state index contributed by atoms with van der Waals surface area (Å²) in [5.74, 6) is -1.48. The van der Waals surface area contributed by atoms with Gasteiger partial charge < -0.3 is 14.8 Å². The number of rotatable bonds is 7. The summed E-state index contributed by atoms with van der Waals surface area (Å²) in [5, 5.41) is 3.00. The van der Waals surface area contributed by atoms with Gasteiger partial charge in [0.25, 0.3) is 0 Å². The molecule has 2 aromatic rings.